The number of hydrogen-bond donors (Lipinski definition) is 2. The minimum absolute atomic E-state index is 0.420. The van der Waals surface area contributed by atoms with Gasteiger partial charge in [0.1, 0.15) is 11.1 Å². The van der Waals surface area contributed by atoms with Crippen molar-refractivity contribution in [3.05, 3.63) is 34.8 Å². The average Bonchev–Trinajstić information content (AvgIpc) is 3.30. The Bertz CT molecular complexity index is 1160. The quantitative estimate of drug-likeness (QED) is 0.679. The number of allylic oxidation sites excluding steroid dienone is 1. The summed E-state index contributed by atoms with van der Waals surface area (Å²) >= 11 is 1.58. The first-order valence-corrected chi connectivity index (χ1v) is 10.3. The number of nitrogens with two attached hydrogens (primary N) is 1. The molecule has 3 N–H and O–H groups in total. The highest BCUT2D eigenvalue weighted by molar-refractivity contribution is 7.19. The molecule has 0 unspecified atom stereocenters. The summed E-state index contributed by atoms with van der Waals surface area (Å²) in [5, 5.41) is 4.69. The number of nitrogens with one attached hydrogen (secondary N) is 1. The Balaban J connectivity index is 1.56. The van der Waals surface area contributed by atoms with E-state index >= 15 is 0 Å². The van der Waals surface area contributed by atoms with Crippen molar-refractivity contribution < 1.29 is 9.53 Å². The molecule has 0 saturated carbocycles. The van der Waals surface area contributed by atoms with Gasteiger partial charge in [0.2, 0.25) is 0 Å². The molecule has 1 amide bonds. The second kappa shape index (κ2) is 7.44. The SMILES string of the molecule is CC(C)(C)OC(=O)NCCc1nc2c(N)nc3cc(C4=CC=NC4)ccc3c2s1. The molecule has 29 heavy (non-hydrogen) atoms. The summed E-state index contributed by atoms with van der Waals surface area (Å²) in [6, 6.07) is 6.21. The van der Waals surface area contributed by atoms with E-state index in [4.69, 9.17) is 10.5 Å². The maximum atomic E-state index is 11.8. The maximum Gasteiger partial charge on any atom is 0.407 e. The molecule has 4 rings (SSSR count). The van der Waals surface area contributed by atoms with Gasteiger partial charge in [-0.3, -0.25) is 4.99 Å². The molecule has 0 aliphatic carbocycles. The number of rotatable bonds is 4. The Hall–Kier alpha value is -3.00. The molecule has 3 heterocycles. The first-order chi connectivity index (χ1) is 13.8. The summed E-state index contributed by atoms with van der Waals surface area (Å²) in [5.74, 6) is 0.420. The van der Waals surface area contributed by atoms with E-state index in [9.17, 15) is 4.79 Å². The lowest BCUT2D eigenvalue weighted by Gasteiger charge is -2.19. The number of thiazole rings is 1. The van der Waals surface area contributed by atoms with Gasteiger partial charge in [0, 0.05) is 24.6 Å². The van der Waals surface area contributed by atoms with Gasteiger partial charge in [-0.1, -0.05) is 12.1 Å². The third kappa shape index (κ3) is 4.22. The van der Waals surface area contributed by atoms with Gasteiger partial charge in [0.05, 0.1) is 21.8 Å². The molecule has 3 aromatic rings. The largest absolute Gasteiger partial charge is 0.444 e. The second-order valence-corrected chi connectivity index (χ2v) is 8.96. The molecule has 0 atom stereocenters. The number of hydrogen-bond acceptors (Lipinski definition) is 7. The van der Waals surface area contributed by atoms with Gasteiger partial charge >= 0.3 is 6.09 Å². The van der Waals surface area contributed by atoms with Crippen LogP contribution in [0.5, 0.6) is 0 Å². The van der Waals surface area contributed by atoms with Crippen LogP contribution in [-0.4, -0.2) is 41.0 Å². The number of nitrogens with zero attached hydrogens (tertiary/aromatic N) is 3. The molecule has 0 radical (unpaired) electrons. The molecule has 0 saturated heterocycles. The summed E-state index contributed by atoms with van der Waals surface area (Å²) in [7, 11) is 0. The normalized spacial score (nSPS) is 13.8. The molecule has 0 spiro atoms. The number of carbonyl (C=O) groups excluding carboxylic acids is 1. The predicted molar refractivity (Wildman–Crippen MR) is 119 cm³/mol. The Kier molecular flexibility index (Phi) is 4.96. The van der Waals surface area contributed by atoms with Crippen molar-refractivity contribution in [3.8, 4) is 0 Å². The zero-order valence-corrected chi connectivity index (χ0v) is 17.5. The van der Waals surface area contributed by atoms with Crippen molar-refractivity contribution in [2.75, 3.05) is 18.8 Å². The number of alkyl carbamates (subject to hydrolysis) is 1. The van der Waals surface area contributed by atoms with Gasteiger partial charge < -0.3 is 15.8 Å². The lowest BCUT2D eigenvalue weighted by atomic mass is 10.0. The Labute approximate surface area is 172 Å². The molecule has 150 valence electrons. The summed E-state index contributed by atoms with van der Waals surface area (Å²) in [5.41, 5.74) is 9.51. The molecule has 0 fully saturated rings. The van der Waals surface area contributed by atoms with Crippen LogP contribution in [0, 0.1) is 0 Å². The molecule has 1 aliphatic heterocycles. The zero-order chi connectivity index (χ0) is 20.6. The van der Waals surface area contributed by atoms with Gasteiger partial charge in [-0.2, -0.15) is 0 Å². The summed E-state index contributed by atoms with van der Waals surface area (Å²) in [6.07, 6.45) is 4.02. The third-order valence-corrected chi connectivity index (χ3v) is 5.57. The van der Waals surface area contributed by atoms with E-state index in [0.717, 1.165) is 26.2 Å². The van der Waals surface area contributed by atoms with Crippen LogP contribution in [0.15, 0.2) is 29.3 Å². The van der Waals surface area contributed by atoms with Gasteiger partial charge in [0.25, 0.3) is 0 Å². The van der Waals surface area contributed by atoms with E-state index in [0.29, 0.717) is 30.8 Å². The lowest BCUT2D eigenvalue weighted by molar-refractivity contribution is 0.0528. The second-order valence-electron chi connectivity index (χ2n) is 7.87. The molecule has 2 aromatic heterocycles. The van der Waals surface area contributed by atoms with Crippen molar-refractivity contribution in [1.29, 1.82) is 0 Å². The van der Waals surface area contributed by atoms with E-state index in [1.165, 1.54) is 5.57 Å². The zero-order valence-electron chi connectivity index (χ0n) is 16.7. The Morgan fingerprint density at radius 3 is 2.86 bits per heavy atom. The van der Waals surface area contributed by atoms with E-state index in [1.54, 1.807) is 11.3 Å². The van der Waals surface area contributed by atoms with Crippen molar-refractivity contribution >= 4 is 56.2 Å². The first kappa shape index (κ1) is 19.3. The number of aromatic nitrogens is 2. The molecule has 0 bridgehead atoms. The van der Waals surface area contributed by atoms with Crippen LogP contribution in [0.3, 0.4) is 0 Å². The van der Waals surface area contributed by atoms with Gasteiger partial charge in [-0.25, -0.2) is 14.8 Å². The number of amides is 1. The number of pyridine rings is 1. The third-order valence-electron chi connectivity index (χ3n) is 4.42. The van der Waals surface area contributed by atoms with Gasteiger partial charge in [0.15, 0.2) is 5.82 Å². The number of nitrogen functional groups attached to an aromatic ring is 1. The molecular formula is C21H23N5O2S. The topological polar surface area (TPSA) is 102 Å². The highest BCUT2D eigenvalue weighted by atomic mass is 32.1. The van der Waals surface area contributed by atoms with Crippen LogP contribution in [0.2, 0.25) is 0 Å². The number of benzene rings is 1. The van der Waals surface area contributed by atoms with Crippen LogP contribution in [0.4, 0.5) is 10.6 Å². The van der Waals surface area contributed by atoms with Crippen molar-refractivity contribution in [1.82, 2.24) is 15.3 Å². The Morgan fingerprint density at radius 1 is 1.31 bits per heavy atom. The minimum atomic E-state index is -0.515. The fourth-order valence-electron chi connectivity index (χ4n) is 3.15. The fourth-order valence-corrected chi connectivity index (χ4v) is 4.25. The highest BCUT2D eigenvalue weighted by Gasteiger charge is 2.17. The predicted octanol–water partition coefficient (Wildman–Crippen LogP) is 3.96. The molecule has 1 aliphatic rings. The van der Waals surface area contributed by atoms with E-state index in [-0.39, 0.29) is 0 Å². The van der Waals surface area contributed by atoms with Crippen molar-refractivity contribution in [2.24, 2.45) is 4.99 Å². The van der Waals surface area contributed by atoms with Crippen molar-refractivity contribution in [3.63, 3.8) is 0 Å². The molecular weight excluding hydrogens is 386 g/mol. The van der Waals surface area contributed by atoms with Crippen molar-refractivity contribution in [2.45, 2.75) is 32.8 Å². The minimum Gasteiger partial charge on any atom is -0.444 e. The lowest BCUT2D eigenvalue weighted by Crippen LogP contribution is -2.33. The first-order valence-electron chi connectivity index (χ1n) is 9.45. The number of anilines is 1. The van der Waals surface area contributed by atoms with E-state index in [2.05, 4.69) is 38.5 Å². The monoisotopic (exact) mass is 409 g/mol. The number of carbonyl (C=O) groups is 1. The average molecular weight is 410 g/mol. The summed E-state index contributed by atoms with van der Waals surface area (Å²) < 4.78 is 6.27. The van der Waals surface area contributed by atoms with E-state index < -0.39 is 11.7 Å². The number of ether oxygens (including phenoxy) is 1. The summed E-state index contributed by atoms with van der Waals surface area (Å²) in [4.78, 5) is 25.2. The number of aliphatic imine (C=N–C) groups is 1. The standard InChI is InChI=1S/C21H23N5O2S/c1-21(2,3)28-20(27)24-9-7-16-26-17-18(29-16)14-5-4-12(13-6-8-23-11-13)10-15(14)25-19(17)22/h4-6,8,10H,7,9,11H2,1-3H3,(H2,22,25)(H,24,27). The van der Waals surface area contributed by atoms with Crippen LogP contribution < -0.4 is 11.1 Å². The van der Waals surface area contributed by atoms with Gasteiger partial charge in [-0.05, 0) is 44.1 Å². The number of fused-ring (bicyclic) bond motifs is 3. The molecule has 8 heteroatoms. The maximum absolute atomic E-state index is 11.8. The molecule has 7 nitrogen and oxygen atoms in total. The van der Waals surface area contributed by atoms with Crippen LogP contribution in [0.1, 0.15) is 31.3 Å². The summed E-state index contributed by atoms with van der Waals surface area (Å²) in [6.45, 7) is 6.64. The van der Waals surface area contributed by atoms with Crippen LogP contribution in [0.25, 0.3) is 26.7 Å². The fraction of sp³-hybridized carbons (Fsp3) is 0.333. The van der Waals surface area contributed by atoms with Gasteiger partial charge in [-0.15, -0.1) is 11.3 Å². The molecule has 1 aromatic carbocycles. The Morgan fingerprint density at radius 2 is 2.14 bits per heavy atom. The van der Waals surface area contributed by atoms with E-state index in [1.807, 2.05) is 33.1 Å². The smallest absolute Gasteiger partial charge is 0.407 e. The highest BCUT2D eigenvalue weighted by Crippen LogP contribution is 2.34. The van der Waals surface area contributed by atoms with Crippen LogP contribution in [-0.2, 0) is 11.2 Å². The van der Waals surface area contributed by atoms with Crippen LogP contribution >= 0.6 is 11.3 Å².